The van der Waals surface area contributed by atoms with Crippen molar-refractivity contribution in [2.24, 2.45) is 5.92 Å². The summed E-state index contributed by atoms with van der Waals surface area (Å²) in [6.45, 7) is 3.51. The zero-order valence-corrected chi connectivity index (χ0v) is 16.4. The van der Waals surface area contributed by atoms with E-state index in [9.17, 15) is 14.3 Å². The quantitative estimate of drug-likeness (QED) is 0.379. The Kier molecular flexibility index (Phi) is 5.94. The molecule has 0 bridgehead atoms. The number of anilines is 1. The maximum Gasteiger partial charge on any atom is 0.251 e. The molecule has 3 aromatic carbocycles. The standard InChI is InChI=1S/C23H24FN3O2/c1-13(2)20(12-28)27-23(29)17-10-18(22(26)19(24)11-17)21(25)16-8-7-14-5-3-4-6-15(14)9-16/h3-11,13,20,25,28H,12,26H2,1-2H3,(H,27,29)/t20-/m1/s1. The molecule has 0 radical (unpaired) electrons. The molecule has 0 unspecified atom stereocenters. The van der Waals surface area contributed by atoms with Gasteiger partial charge in [0.05, 0.1) is 24.0 Å². The minimum absolute atomic E-state index is 0.0120. The van der Waals surface area contributed by atoms with Crippen LogP contribution in [-0.4, -0.2) is 29.4 Å². The molecule has 1 amide bonds. The monoisotopic (exact) mass is 393 g/mol. The molecule has 5 N–H and O–H groups in total. The maximum atomic E-state index is 14.5. The van der Waals surface area contributed by atoms with E-state index in [1.807, 2.05) is 50.2 Å². The summed E-state index contributed by atoms with van der Waals surface area (Å²) >= 11 is 0. The summed E-state index contributed by atoms with van der Waals surface area (Å²) in [6.07, 6.45) is 0. The van der Waals surface area contributed by atoms with E-state index in [1.165, 1.54) is 6.07 Å². The van der Waals surface area contributed by atoms with E-state index in [1.54, 1.807) is 6.07 Å². The Morgan fingerprint density at radius 3 is 2.45 bits per heavy atom. The van der Waals surface area contributed by atoms with Crippen LogP contribution in [0.1, 0.15) is 35.3 Å². The number of nitrogen functional groups attached to an aromatic ring is 1. The maximum absolute atomic E-state index is 14.5. The number of aliphatic hydroxyl groups excluding tert-OH is 1. The van der Waals surface area contributed by atoms with Crippen molar-refractivity contribution < 1.29 is 14.3 Å². The SMILES string of the molecule is CC(C)[C@@H](CO)NC(=O)c1cc(F)c(N)c(C(=N)c2ccc3ccccc3c2)c1. The first kappa shape index (κ1) is 20.5. The van der Waals surface area contributed by atoms with Crippen LogP contribution in [0.4, 0.5) is 10.1 Å². The molecule has 1 atom stereocenters. The van der Waals surface area contributed by atoms with Gasteiger partial charge in [0.25, 0.3) is 5.91 Å². The van der Waals surface area contributed by atoms with Gasteiger partial charge in [-0.2, -0.15) is 0 Å². The molecule has 0 saturated heterocycles. The number of carbonyl (C=O) groups is 1. The summed E-state index contributed by atoms with van der Waals surface area (Å²) in [5, 5.41) is 22.6. The van der Waals surface area contributed by atoms with E-state index in [2.05, 4.69) is 5.32 Å². The Labute approximate surface area is 168 Å². The fraction of sp³-hybridized carbons (Fsp3) is 0.217. The lowest BCUT2D eigenvalue weighted by Crippen LogP contribution is -2.41. The third-order valence-electron chi connectivity index (χ3n) is 5.02. The van der Waals surface area contributed by atoms with E-state index in [-0.39, 0.29) is 35.1 Å². The number of aliphatic hydroxyl groups is 1. The Bertz CT molecular complexity index is 1080. The molecule has 29 heavy (non-hydrogen) atoms. The summed E-state index contributed by atoms with van der Waals surface area (Å²) in [4.78, 5) is 12.6. The predicted molar refractivity (Wildman–Crippen MR) is 114 cm³/mol. The van der Waals surface area contributed by atoms with Crippen LogP contribution in [0, 0.1) is 17.1 Å². The molecule has 0 fully saturated rings. The molecule has 0 heterocycles. The van der Waals surface area contributed by atoms with Crippen molar-refractivity contribution in [1.29, 1.82) is 5.41 Å². The summed E-state index contributed by atoms with van der Waals surface area (Å²) in [5.41, 5.74) is 6.52. The summed E-state index contributed by atoms with van der Waals surface area (Å²) in [6, 6.07) is 15.2. The van der Waals surface area contributed by atoms with Gasteiger partial charge in [-0.05, 0) is 34.9 Å². The van der Waals surface area contributed by atoms with Crippen LogP contribution in [0.25, 0.3) is 10.8 Å². The van der Waals surface area contributed by atoms with E-state index in [4.69, 9.17) is 11.1 Å². The second-order valence-corrected chi connectivity index (χ2v) is 7.36. The molecule has 150 valence electrons. The summed E-state index contributed by atoms with van der Waals surface area (Å²) in [7, 11) is 0. The summed E-state index contributed by atoms with van der Waals surface area (Å²) < 4.78 is 14.5. The third-order valence-corrected chi connectivity index (χ3v) is 5.02. The highest BCUT2D eigenvalue weighted by atomic mass is 19.1. The number of hydrogen-bond acceptors (Lipinski definition) is 4. The lowest BCUT2D eigenvalue weighted by molar-refractivity contribution is 0.0896. The van der Waals surface area contributed by atoms with Crippen molar-refractivity contribution >= 4 is 28.1 Å². The van der Waals surface area contributed by atoms with E-state index in [0.29, 0.717) is 5.56 Å². The van der Waals surface area contributed by atoms with Gasteiger partial charge in [0, 0.05) is 16.7 Å². The lowest BCUT2D eigenvalue weighted by Gasteiger charge is -2.20. The number of amides is 1. The Morgan fingerprint density at radius 1 is 1.10 bits per heavy atom. The largest absolute Gasteiger partial charge is 0.396 e. The fourth-order valence-electron chi connectivity index (χ4n) is 3.13. The molecule has 5 nitrogen and oxygen atoms in total. The van der Waals surface area contributed by atoms with Crippen LogP contribution in [0.15, 0.2) is 54.6 Å². The second kappa shape index (κ2) is 8.41. The average Bonchev–Trinajstić information content (AvgIpc) is 2.72. The number of fused-ring (bicyclic) bond motifs is 1. The first-order chi connectivity index (χ1) is 13.8. The Balaban J connectivity index is 1.98. The van der Waals surface area contributed by atoms with Crippen LogP contribution in [0.2, 0.25) is 0 Å². The van der Waals surface area contributed by atoms with Gasteiger partial charge in [-0.1, -0.05) is 50.2 Å². The number of rotatable bonds is 6. The number of nitrogens with one attached hydrogen (secondary N) is 2. The zero-order valence-electron chi connectivity index (χ0n) is 16.4. The van der Waals surface area contributed by atoms with Gasteiger partial charge in [-0.3, -0.25) is 10.2 Å². The first-order valence-corrected chi connectivity index (χ1v) is 9.40. The van der Waals surface area contributed by atoms with Crippen LogP contribution >= 0.6 is 0 Å². The normalized spacial score (nSPS) is 12.2. The highest BCUT2D eigenvalue weighted by molar-refractivity contribution is 6.16. The molecule has 0 aliphatic heterocycles. The van der Waals surface area contributed by atoms with Crippen molar-refractivity contribution in [3.05, 3.63) is 77.1 Å². The van der Waals surface area contributed by atoms with E-state index in [0.717, 1.165) is 16.8 Å². The van der Waals surface area contributed by atoms with Crippen LogP contribution in [-0.2, 0) is 0 Å². The average molecular weight is 393 g/mol. The topological polar surface area (TPSA) is 99.2 Å². The van der Waals surface area contributed by atoms with Gasteiger partial charge >= 0.3 is 0 Å². The molecule has 0 aliphatic carbocycles. The van der Waals surface area contributed by atoms with Crippen molar-refractivity contribution in [3.8, 4) is 0 Å². The Hall–Kier alpha value is -3.25. The van der Waals surface area contributed by atoms with Crippen molar-refractivity contribution in [1.82, 2.24) is 5.32 Å². The molecule has 3 rings (SSSR count). The zero-order chi connectivity index (χ0) is 21.1. The number of carbonyl (C=O) groups excluding carboxylic acids is 1. The molecule has 0 spiro atoms. The van der Waals surface area contributed by atoms with Gasteiger partial charge in [0.2, 0.25) is 0 Å². The van der Waals surface area contributed by atoms with Crippen molar-refractivity contribution in [3.63, 3.8) is 0 Å². The minimum atomic E-state index is -0.761. The first-order valence-electron chi connectivity index (χ1n) is 9.40. The number of nitrogens with two attached hydrogens (primary N) is 1. The fourth-order valence-corrected chi connectivity index (χ4v) is 3.13. The van der Waals surface area contributed by atoms with Gasteiger partial charge in [0.15, 0.2) is 0 Å². The number of benzene rings is 3. The lowest BCUT2D eigenvalue weighted by atomic mass is 9.96. The Morgan fingerprint density at radius 2 is 1.79 bits per heavy atom. The molecule has 0 aliphatic rings. The second-order valence-electron chi connectivity index (χ2n) is 7.36. The molecule has 6 heteroatoms. The van der Waals surface area contributed by atoms with Gasteiger partial charge in [0.1, 0.15) is 5.82 Å². The third kappa shape index (κ3) is 4.27. The smallest absolute Gasteiger partial charge is 0.251 e. The van der Waals surface area contributed by atoms with Gasteiger partial charge in [-0.15, -0.1) is 0 Å². The van der Waals surface area contributed by atoms with Gasteiger partial charge < -0.3 is 16.2 Å². The summed E-state index contributed by atoms with van der Waals surface area (Å²) in [5.74, 6) is -1.27. The highest BCUT2D eigenvalue weighted by Crippen LogP contribution is 2.24. The van der Waals surface area contributed by atoms with Crippen molar-refractivity contribution in [2.45, 2.75) is 19.9 Å². The van der Waals surface area contributed by atoms with E-state index < -0.39 is 17.8 Å². The molecular formula is C23H24FN3O2. The molecule has 3 aromatic rings. The van der Waals surface area contributed by atoms with Crippen molar-refractivity contribution in [2.75, 3.05) is 12.3 Å². The van der Waals surface area contributed by atoms with E-state index >= 15 is 0 Å². The molecular weight excluding hydrogens is 369 g/mol. The predicted octanol–water partition coefficient (Wildman–Crippen LogP) is 3.72. The molecule has 0 aromatic heterocycles. The van der Waals surface area contributed by atoms with Gasteiger partial charge in [-0.25, -0.2) is 4.39 Å². The number of hydrogen-bond donors (Lipinski definition) is 4. The van der Waals surface area contributed by atoms with Crippen LogP contribution < -0.4 is 11.1 Å². The minimum Gasteiger partial charge on any atom is -0.396 e. The number of halogens is 1. The molecule has 0 saturated carbocycles. The van der Waals surface area contributed by atoms with Crippen LogP contribution in [0.5, 0.6) is 0 Å². The highest BCUT2D eigenvalue weighted by Gasteiger charge is 2.20. The van der Waals surface area contributed by atoms with Crippen LogP contribution in [0.3, 0.4) is 0 Å².